The Hall–Kier alpha value is -1.67. The predicted octanol–water partition coefficient (Wildman–Crippen LogP) is 0.339. The zero-order valence-corrected chi connectivity index (χ0v) is 11.5. The number of nitrogens with two attached hydrogens (primary N) is 1. The lowest BCUT2D eigenvalue weighted by Crippen LogP contribution is -2.30. The summed E-state index contributed by atoms with van der Waals surface area (Å²) < 4.78 is 43.2. The van der Waals surface area contributed by atoms with E-state index in [4.69, 9.17) is 10.5 Å². The van der Waals surface area contributed by atoms with Crippen molar-refractivity contribution in [2.45, 2.75) is 6.42 Å². The second-order valence-electron chi connectivity index (χ2n) is 4.43. The first-order valence-corrected chi connectivity index (χ1v) is 7.71. The van der Waals surface area contributed by atoms with Crippen molar-refractivity contribution >= 4 is 15.9 Å². The summed E-state index contributed by atoms with van der Waals surface area (Å²) in [6.07, 6.45) is 0.601. The minimum atomic E-state index is -3.17. The largest absolute Gasteiger partial charge is 0.489 e. The molecule has 0 bridgehead atoms. The summed E-state index contributed by atoms with van der Waals surface area (Å²) in [6, 6.07) is 3.64. The minimum absolute atomic E-state index is 0.0356. The normalized spacial score (nSPS) is 18.1. The summed E-state index contributed by atoms with van der Waals surface area (Å²) >= 11 is 0. The SMILES string of the molecule is NC(=O)c1ccc(OCCN2CCCS2(=O)=O)c(F)c1. The van der Waals surface area contributed by atoms with Crippen LogP contribution in [-0.2, 0) is 10.0 Å². The van der Waals surface area contributed by atoms with E-state index in [1.807, 2.05) is 0 Å². The third kappa shape index (κ3) is 3.26. The Morgan fingerprint density at radius 1 is 1.45 bits per heavy atom. The van der Waals surface area contributed by atoms with Gasteiger partial charge in [-0.15, -0.1) is 0 Å². The monoisotopic (exact) mass is 302 g/mol. The molecule has 1 aliphatic rings. The molecular weight excluding hydrogens is 287 g/mol. The Kier molecular flexibility index (Phi) is 4.24. The Morgan fingerprint density at radius 3 is 2.75 bits per heavy atom. The van der Waals surface area contributed by atoms with Crippen LogP contribution in [0.4, 0.5) is 4.39 Å². The van der Waals surface area contributed by atoms with Gasteiger partial charge in [-0.25, -0.2) is 12.8 Å². The fraction of sp³-hybridized carbons (Fsp3) is 0.417. The molecule has 2 N–H and O–H groups in total. The van der Waals surface area contributed by atoms with Crippen LogP contribution in [0, 0.1) is 5.82 Å². The smallest absolute Gasteiger partial charge is 0.248 e. The van der Waals surface area contributed by atoms with E-state index in [0.717, 1.165) is 6.07 Å². The first-order valence-electron chi connectivity index (χ1n) is 6.10. The summed E-state index contributed by atoms with van der Waals surface area (Å²) in [6.45, 7) is 0.695. The van der Waals surface area contributed by atoms with Crippen molar-refractivity contribution < 1.29 is 22.3 Å². The summed E-state index contributed by atoms with van der Waals surface area (Å²) in [5.41, 5.74) is 5.08. The first-order chi connectivity index (χ1) is 9.40. The van der Waals surface area contributed by atoms with Crippen molar-refractivity contribution in [2.75, 3.05) is 25.4 Å². The number of benzene rings is 1. The zero-order valence-electron chi connectivity index (χ0n) is 10.7. The Labute approximate surface area is 116 Å². The fourth-order valence-corrected chi connectivity index (χ4v) is 3.48. The van der Waals surface area contributed by atoms with Crippen molar-refractivity contribution in [2.24, 2.45) is 5.73 Å². The molecule has 8 heteroatoms. The van der Waals surface area contributed by atoms with Gasteiger partial charge in [0.05, 0.1) is 5.75 Å². The Balaban J connectivity index is 1.93. The van der Waals surface area contributed by atoms with E-state index in [9.17, 15) is 17.6 Å². The Bertz CT molecular complexity index is 618. The number of carbonyl (C=O) groups excluding carboxylic acids is 1. The van der Waals surface area contributed by atoms with Crippen LogP contribution in [0.2, 0.25) is 0 Å². The molecule has 1 heterocycles. The van der Waals surface area contributed by atoms with E-state index in [0.29, 0.717) is 13.0 Å². The number of ether oxygens (including phenoxy) is 1. The van der Waals surface area contributed by atoms with Gasteiger partial charge in [0.1, 0.15) is 6.61 Å². The molecule has 1 amide bonds. The molecule has 0 radical (unpaired) electrons. The number of hydrogen-bond acceptors (Lipinski definition) is 4. The number of amides is 1. The molecule has 1 aromatic carbocycles. The summed E-state index contributed by atoms with van der Waals surface area (Å²) in [7, 11) is -3.17. The third-order valence-corrected chi connectivity index (χ3v) is 4.97. The number of rotatable bonds is 5. The summed E-state index contributed by atoms with van der Waals surface area (Å²) in [5, 5.41) is 0. The van der Waals surface area contributed by atoms with E-state index >= 15 is 0 Å². The number of sulfonamides is 1. The average molecular weight is 302 g/mol. The quantitative estimate of drug-likeness (QED) is 0.849. The molecular formula is C12H15FN2O4S. The molecule has 1 aliphatic heterocycles. The maximum absolute atomic E-state index is 13.6. The molecule has 0 aliphatic carbocycles. The van der Waals surface area contributed by atoms with Crippen LogP contribution in [0.25, 0.3) is 0 Å². The number of carbonyl (C=O) groups is 1. The molecule has 0 saturated carbocycles. The van der Waals surface area contributed by atoms with E-state index in [1.165, 1.54) is 16.4 Å². The predicted molar refractivity (Wildman–Crippen MR) is 70.4 cm³/mol. The lowest BCUT2D eigenvalue weighted by atomic mass is 10.2. The zero-order chi connectivity index (χ0) is 14.8. The standard InChI is InChI=1S/C12H15FN2O4S/c13-10-8-9(12(14)16)2-3-11(10)19-6-5-15-4-1-7-20(15,17)18/h2-3,8H,1,4-7H2,(H2,14,16). The number of nitrogens with zero attached hydrogens (tertiary/aromatic N) is 1. The highest BCUT2D eigenvalue weighted by Crippen LogP contribution is 2.19. The fourth-order valence-electron chi connectivity index (χ4n) is 1.97. The molecule has 1 aromatic rings. The van der Waals surface area contributed by atoms with Gasteiger partial charge in [0.2, 0.25) is 15.9 Å². The van der Waals surface area contributed by atoms with Gasteiger partial charge >= 0.3 is 0 Å². The third-order valence-electron chi connectivity index (χ3n) is 3.02. The van der Waals surface area contributed by atoms with Crippen LogP contribution in [0.3, 0.4) is 0 Å². The molecule has 20 heavy (non-hydrogen) atoms. The minimum Gasteiger partial charge on any atom is -0.489 e. The molecule has 2 rings (SSSR count). The lowest BCUT2D eigenvalue weighted by Gasteiger charge is -2.15. The van der Waals surface area contributed by atoms with Crippen LogP contribution in [-0.4, -0.2) is 44.1 Å². The maximum Gasteiger partial charge on any atom is 0.248 e. The van der Waals surface area contributed by atoms with Crippen LogP contribution >= 0.6 is 0 Å². The molecule has 0 aromatic heterocycles. The summed E-state index contributed by atoms with van der Waals surface area (Å²) in [4.78, 5) is 10.9. The van der Waals surface area contributed by atoms with E-state index < -0.39 is 21.7 Å². The molecule has 110 valence electrons. The van der Waals surface area contributed by atoms with E-state index in [-0.39, 0.29) is 30.2 Å². The topological polar surface area (TPSA) is 89.7 Å². The molecule has 0 atom stereocenters. The average Bonchev–Trinajstić information content (AvgIpc) is 2.70. The highest BCUT2D eigenvalue weighted by molar-refractivity contribution is 7.89. The van der Waals surface area contributed by atoms with Gasteiger partial charge in [0.15, 0.2) is 11.6 Å². The van der Waals surface area contributed by atoms with Gasteiger partial charge in [-0.1, -0.05) is 0 Å². The highest BCUT2D eigenvalue weighted by atomic mass is 32.2. The summed E-state index contributed by atoms with van der Waals surface area (Å²) in [5.74, 6) is -1.31. The maximum atomic E-state index is 13.6. The van der Waals surface area contributed by atoms with Crippen LogP contribution in [0.1, 0.15) is 16.8 Å². The van der Waals surface area contributed by atoms with E-state index in [2.05, 4.69) is 0 Å². The molecule has 0 unspecified atom stereocenters. The van der Waals surface area contributed by atoms with Gasteiger partial charge in [0, 0.05) is 18.7 Å². The number of halogens is 1. The van der Waals surface area contributed by atoms with E-state index in [1.54, 1.807) is 0 Å². The number of hydrogen-bond donors (Lipinski definition) is 1. The van der Waals surface area contributed by atoms with Crippen molar-refractivity contribution in [3.63, 3.8) is 0 Å². The highest BCUT2D eigenvalue weighted by Gasteiger charge is 2.27. The number of primary amides is 1. The van der Waals surface area contributed by atoms with Gasteiger partial charge in [-0.05, 0) is 24.6 Å². The van der Waals surface area contributed by atoms with Crippen LogP contribution in [0.15, 0.2) is 18.2 Å². The van der Waals surface area contributed by atoms with Crippen molar-refractivity contribution in [3.8, 4) is 5.75 Å². The molecule has 6 nitrogen and oxygen atoms in total. The van der Waals surface area contributed by atoms with Crippen molar-refractivity contribution in [1.82, 2.24) is 4.31 Å². The van der Waals surface area contributed by atoms with Crippen LogP contribution < -0.4 is 10.5 Å². The van der Waals surface area contributed by atoms with Gasteiger partial charge in [-0.3, -0.25) is 4.79 Å². The molecule has 0 spiro atoms. The van der Waals surface area contributed by atoms with Crippen molar-refractivity contribution in [1.29, 1.82) is 0 Å². The van der Waals surface area contributed by atoms with Gasteiger partial charge < -0.3 is 10.5 Å². The Morgan fingerprint density at radius 2 is 2.20 bits per heavy atom. The second kappa shape index (κ2) is 5.76. The van der Waals surface area contributed by atoms with Crippen molar-refractivity contribution in [3.05, 3.63) is 29.6 Å². The van der Waals surface area contributed by atoms with Crippen LogP contribution in [0.5, 0.6) is 5.75 Å². The second-order valence-corrected chi connectivity index (χ2v) is 6.51. The van der Waals surface area contributed by atoms with Gasteiger partial charge in [-0.2, -0.15) is 4.31 Å². The van der Waals surface area contributed by atoms with Gasteiger partial charge in [0.25, 0.3) is 0 Å². The lowest BCUT2D eigenvalue weighted by molar-refractivity contribution is 0.0999. The molecule has 1 fully saturated rings. The molecule has 1 saturated heterocycles. The first kappa shape index (κ1) is 14.7.